The van der Waals surface area contributed by atoms with Gasteiger partial charge in [0.2, 0.25) is 0 Å². The maximum atomic E-state index is 6.97. The molecule has 0 aromatic heterocycles. The normalized spacial score (nSPS) is 21.7. The van der Waals surface area contributed by atoms with E-state index >= 15 is 0 Å². The van der Waals surface area contributed by atoms with E-state index in [4.69, 9.17) is 4.74 Å². The maximum absolute atomic E-state index is 6.97. The second-order valence-corrected chi connectivity index (χ2v) is 9.14. The van der Waals surface area contributed by atoms with Crippen LogP contribution in [0.15, 0.2) is 60.7 Å². The largest absolute Gasteiger partial charge is 0.363 e. The third-order valence-electron chi connectivity index (χ3n) is 6.71. The van der Waals surface area contributed by atoms with Crippen molar-refractivity contribution < 1.29 is 4.74 Å². The number of hydrogen-bond acceptors (Lipinski definition) is 5. The molecule has 2 atom stereocenters. The third kappa shape index (κ3) is 6.61. The first-order chi connectivity index (χ1) is 15.2. The quantitative estimate of drug-likeness (QED) is 0.651. The molecule has 2 fully saturated rings. The number of hydrogen-bond donors (Lipinski definition) is 0. The predicted molar refractivity (Wildman–Crippen MR) is 127 cm³/mol. The summed E-state index contributed by atoms with van der Waals surface area (Å²) in [6.07, 6.45) is 0.143. The molecule has 0 aliphatic carbocycles. The number of benzene rings is 2. The number of ether oxygens (including phenoxy) is 1. The van der Waals surface area contributed by atoms with E-state index in [0.29, 0.717) is 0 Å². The minimum atomic E-state index is 0.0716. The molecule has 2 heterocycles. The fraction of sp³-hybridized carbons (Fsp3) is 0.538. The minimum Gasteiger partial charge on any atom is -0.363 e. The number of rotatable bonds is 8. The van der Waals surface area contributed by atoms with Crippen LogP contribution in [0.3, 0.4) is 0 Å². The van der Waals surface area contributed by atoms with Crippen LogP contribution < -0.4 is 0 Å². The maximum Gasteiger partial charge on any atom is 0.0960 e. The van der Waals surface area contributed by atoms with Crippen molar-refractivity contribution in [3.63, 3.8) is 0 Å². The zero-order chi connectivity index (χ0) is 21.5. The highest BCUT2D eigenvalue weighted by Crippen LogP contribution is 2.29. The van der Waals surface area contributed by atoms with Crippen LogP contribution in [0.5, 0.6) is 0 Å². The first-order valence-corrected chi connectivity index (χ1v) is 11.7. The van der Waals surface area contributed by atoms with Gasteiger partial charge in [0.1, 0.15) is 0 Å². The molecule has 2 unspecified atom stereocenters. The van der Waals surface area contributed by atoms with Gasteiger partial charge in [0, 0.05) is 65.4 Å². The first kappa shape index (κ1) is 22.4. The lowest BCUT2D eigenvalue weighted by Crippen LogP contribution is -2.47. The molecule has 31 heavy (non-hydrogen) atoms. The summed E-state index contributed by atoms with van der Waals surface area (Å²) in [5.41, 5.74) is 2.56. The third-order valence-corrected chi connectivity index (χ3v) is 6.71. The molecule has 0 saturated carbocycles. The molecule has 2 saturated heterocycles. The van der Waals surface area contributed by atoms with E-state index in [9.17, 15) is 0 Å². The Bertz CT molecular complexity index is 690. The molecule has 0 N–H and O–H groups in total. The molecule has 5 nitrogen and oxygen atoms in total. The van der Waals surface area contributed by atoms with Gasteiger partial charge in [0.05, 0.1) is 12.2 Å². The summed E-state index contributed by atoms with van der Waals surface area (Å²) in [5.74, 6) is 0. The number of piperazine rings is 2. The Morgan fingerprint density at radius 3 is 1.29 bits per heavy atom. The van der Waals surface area contributed by atoms with Crippen molar-refractivity contribution in [1.29, 1.82) is 0 Å². The standard InChI is InChI=1S/C26H38N4O/c1-27-13-17-29(18-14-27)21-25(23-9-5-3-6-10-23)31-26(24-11-7-4-8-12-24)22-30-19-15-28(2)16-20-30/h3-12,25-26H,13-22H2,1-2H3. The molecule has 0 spiro atoms. The summed E-state index contributed by atoms with van der Waals surface area (Å²) in [4.78, 5) is 9.95. The summed E-state index contributed by atoms with van der Waals surface area (Å²) in [7, 11) is 4.42. The van der Waals surface area contributed by atoms with Crippen LogP contribution in [0, 0.1) is 0 Å². The van der Waals surface area contributed by atoms with Crippen LogP contribution in [-0.2, 0) is 4.74 Å². The van der Waals surface area contributed by atoms with Gasteiger partial charge in [-0.15, -0.1) is 0 Å². The van der Waals surface area contributed by atoms with Gasteiger partial charge in [-0.3, -0.25) is 9.80 Å². The van der Waals surface area contributed by atoms with Gasteiger partial charge in [-0.2, -0.15) is 0 Å². The lowest BCUT2D eigenvalue weighted by atomic mass is 10.1. The van der Waals surface area contributed by atoms with Crippen molar-refractivity contribution >= 4 is 0 Å². The van der Waals surface area contributed by atoms with Gasteiger partial charge in [0.15, 0.2) is 0 Å². The van der Waals surface area contributed by atoms with Crippen molar-refractivity contribution in [1.82, 2.24) is 19.6 Å². The van der Waals surface area contributed by atoms with Gasteiger partial charge in [-0.25, -0.2) is 0 Å². The Labute approximate surface area is 188 Å². The average Bonchev–Trinajstić information content (AvgIpc) is 2.82. The Kier molecular flexibility index (Phi) is 8.11. The van der Waals surface area contributed by atoms with E-state index in [1.165, 1.54) is 11.1 Å². The first-order valence-electron chi connectivity index (χ1n) is 11.7. The summed E-state index contributed by atoms with van der Waals surface area (Å²) < 4.78 is 6.97. The molecule has 4 rings (SSSR count). The summed E-state index contributed by atoms with van der Waals surface area (Å²) >= 11 is 0. The molecular weight excluding hydrogens is 384 g/mol. The monoisotopic (exact) mass is 422 g/mol. The molecule has 168 valence electrons. The van der Waals surface area contributed by atoms with E-state index in [-0.39, 0.29) is 12.2 Å². The second-order valence-electron chi connectivity index (χ2n) is 9.14. The molecule has 2 aliphatic rings. The van der Waals surface area contributed by atoms with Gasteiger partial charge in [-0.05, 0) is 25.2 Å². The van der Waals surface area contributed by atoms with Crippen LogP contribution in [0.4, 0.5) is 0 Å². The number of likely N-dealkylation sites (N-methyl/N-ethyl adjacent to an activating group) is 2. The van der Waals surface area contributed by atoms with Crippen molar-refractivity contribution in [2.24, 2.45) is 0 Å². The zero-order valence-corrected chi connectivity index (χ0v) is 19.2. The van der Waals surface area contributed by atoms with E-state index < -0.39 is 0 Å². The molecular formula is C26H38N4O. The Balaban J connectivity index is 1.51. The van der Waals surface area contributed by atoms with Crippen molar-refractivity contribution in [2.45, 2.75) is 12.2 Å². The second kappa shape index (κ2) is 11.2. The van der Waals surface area contributed by atoms with Crippen molar-refractivity contribution in [3.8, 4) is 0 Å². The summed E-state index contributed by atoms with van der Waals surface area (Å²) in [5, 5.41) is 0. The highest BCUT2D eigenvalue weighted by Gasteiger charge is 2.26. The van der Waals surface area contributed by atoms with E-state index in [2.05, 4.69) is 94.4 Å². The molecule has 2 aromatic carbocycles. The molecule has 2 aliphatic heterocycles. The van der Waals surface area contributed by atoms with Crippen LogP contribution >= 0.6 is 0 Å². The fourth-order valence-corrected chi connectivity index (χ4v) is 4.52. The lowest BCUT2D eigenvalue weighted by Gasteiger charge is -2.38. The van der Waals surface area contributed by atoms with E-state index in [1.807, 2.05) is 0 Å². The zero-order valence-electron chi connectivity index (χ0n) is 19.2. The molecule has 2 aromatic rings. The lowest BCUT2D eigenvalue weighted by molar-refractivity contribution is -0.0542. The highest BCUT2D eigenvalue weighted by atomic mass is 16.5. The van der Waals surface area contributed by atoms with Crippen molar-refractivity contribution in [2.75, 3.05) is 79.5 Å². The van der Waals surface area contributed by atoms with Gasteiger partial charge in [0.25, 0.3) is 0 Å². The minimum absolute atomic E-state index is 0.0716. The van der Waals surface area contributed by atoms with E-state index in [0.717, 1.165) is 65.4 Å². The van der Waals surface area contributed by atoms with E-state index in [1.54, 1.807) is 0 Å². The SMILES string of the molecule is CN1CCN(CC(OC(CN2CCN(C)CC2)c2ccccc2)c2ccccc2)CC1. The highest BCUT2D eigenvalue weighted by molar-refractivity contribution is 5.21. The molecule has 5 heteroatoms. The molecule has 0 bridgehead atoms. The average molecular weight is 423 g/mol. The smallest absolute Gasteiger partial charge is 0.0960 e. The van der Waals surface area contributed by atoms with Crippen LogP contribution in [-0.4, -0.2) is 99.1 Å². The van der Waals surface area contributed by atoms with Crippen LogP contribution in [0.2, 0.25) is 0 Å². The Morgan fingerprint density at radius 2 is 0.935 bits per heavy atom. The topological polar surface area (TPSA) is 22.2 Å². The van der Waals surface area contributed by atoms with Crippen LogP contribution in [0.1, 0.15) is 23.3 Å². The molecule has 0 amide bonds. The number of nitrogens with zero attached hydrogens (tertiary/aromatic N) is 4. The Morgan fingerprint density at radius 1 is 0.581 bits per heavy atom. The fourth-order valence-electron chi connectivity index (χ4n) is 4.52. The summed E-state index contributed by atoms with van der Waals surface area (Å²) in [6, 6.07) is 21.6. The van der Waals surface area contributed by atoms with Gasteiger partial charge in [-0.1, -0.05) is 60.7 Å². The molecule has 0 radical (unpaired) electrons. The van der Waals surface area contributed by atoms with Crippen LogP contribution in [0.25, 0.3) is 0 Å². The predicted octanol–water partition coefficient (Wildman–Crippen LogP) is 2.98. The Hall–Kier alpha value is -1.76. The van der Waals surface area contributed by atoms with Gasteiger partial charge < -0.3 is 14.5 Å². The summed E-state index contributed by atoms with van der Waals surface area (Å²) in [6.45, 7) is 10.9. The van der Waals surface area contributed by atoms with Crippen molar-refractivity contribution in [3.05, 3.63) is 71.8 Å². The van der Waals surface area contributed by atoms with Gasteiger partial charge >= 0.3 is 0 Å².